The maximum Gasteiger partial charge on any atom is 0.372 e. The minimum atomic E-state index is -1.20. The molecule has 0 spiro atoms. The summed E-state index contributed by atoms with van der Waals surface area (Å²) in [6, 6.07) is -0.491. The second kappa shape index (κ2) is 7.54. The lowest BCUT2D eigenvalue weighted by Gasteiger charge is -2.02. The summed E-state index contributed by atoms with van der Waals surface area (Å²) in [6.07, 6.45) is 2.93. The number of hydrogen-bond acceptors (Lipinski definition) is 7. The number of aryl methyl sites for hydroxylation is 2. The Morgan fingerprint density at radius 1 is 1.46 bits per heavy atom. The largest absolute Gasteiger partial charge is 0.475 e. The van der Waals surface area contributed by atoms with Crippen LogP contribution < -0.4 is 11.3 Å². The molecule has 1 aliphatic rings. The lowest BCUT2D eigenvalue weighted by atomic mass is 10.2. The summed E-state index contributed by atoms with van der Waals surface area (Å²) in [7, 11) is 0. The van der Waals surface area contributed by atoms with Gasteiger partial charge in [-0.2, -0.15) is 0 Å². The van der Waals surface area contributed by atoms with Crippen molar-refractivity contribution in [2.75, 3.05) is 6.61 Å². The van der Waals surface area contributed by atoms with E-state index in [1.807, 2.05) is 0 Å². The molecule has 130 valence electrons. The number of thiophene rings is 1. The number of carbonyl (C=O) groups excluding carboxylic acids is 1. The summed E-state index contributed by atoms with van der Waals surface area (Å²) in [5, 5.41) is 9.37. The van der Waals surface area contributed by atoms with Gasteiger partial charge in [-0.1, -0.05) is 0 Å². The number of carboxylic acids is 1. The zero-order valence-corrected chi connectivity index (χ0v) is 14.2. The number of aromatic amines is 1. The lowest BCUT2D eigenvalue weighted by molar-refractivity contribution is -0.144. The second-order valence-electron chi connectivity index (χ2n) is 5.30. The second-order valence-corrected chi connectivity index (χ2v) is 6.38. The molecule has 2 heterocycles. The molecule has 3 rings (SSSR count). The average molecular weight is 353 g/mol. The van der Waals surface area contributed by atoms with Crippen molar-refractivity contribution in [2.24, 2.45) is 5.73 Å². The van der Waals surface area contributed by atoms with Gasteiger partial charge in [0.25, 0.3) is 5.56 Å². The van der Waals surface area contributed by atoms with E-state index >= 15 is 0 Å². The van der Waals surface area contributed by atoms with Crippen molar-refractivity contribution in [1.82, 2.24) is 9.97 Å². The normalized spacial score (nSPS) is 13.8. The van der Waals surface area contributed by atoms with E-state index in [4.69, 9.17) is 10.8 Å². The fraction of sp³-hybridized carbons (Fsp3) is 0.467. The van der Waals surface area contributed by atoms with Gasteiger partial charge in [0.15, 0.2) is 0 Å². The Balaban J connectivity index is 0.000000224. The van der Waals surface area contributed by atoms with Crippen LogP contribution >= 0.6 is 11.3 Å². The molecule has 2 aromatic heterocycles. The van der Waals surface area contributed by atoms with E-state index in [1.165, 1.54) is 16.2 Å². The lowest BCUT2D eigenvalue weighted by Crippen LogP contribution is -2.28. The molecular formula is C15H19N3O5S. The van der Waals surface area contributed by atoms with E-state index in [2.05, 4.69) is 14.7 Å². The highest BCUT2D eigenvalue weighted by Crippen LogP contribution is 2.34. The first kappa shape index (κ1) is 18.1. The van der Waals surface area contributed by atoms with Crippen molar-refractivity contribution in [3.8, 4) is 0 Å². The molecule has 1 unspecified atom stereocenters. The van der Waals surface area contributed by atoms with Crippen molar-refractivity contribution in [3.05, 3.63) is 26.6 Å². The van der Waals surface area contributed by atoms with Gasteiger partial charge in [-0.25, -0.2) is 9.78 Å². The van der Waals surface area contributed by atoms with E-state index in [0.29, 0.717) is 16.8 Å². The number of nitrogens with one attached hydrogen (secondary N) is 1. The molecular weight excluding hydrogens is 334 g/mol. The molecule has 0 saturated carbocycles. The predicted molar refractivity (Wildman–Crippen MR) is 89.5 cm³/mol. The number of aromatic nitrogens is 2. The molecule has 0 aliphatic heterocycles. The van der Waals surface area contributed by atoms with E-state index in [1.54, 1.807) is 13.8 Å². The SMILES string of the molecule is CCOC(=O)C(C)N.O=C(O)c1nc2sc3c(c2c(=O)[nH]1)CCC3. The number of esters is 1. The van der Waals surface area contributed by atoms with Crippen molar-refractivity contribution < 1.29 is 19.4 Å². The van der Waals surface area contributed by atoms with Crippen LogP contribution in [0.1, 0.15) is 41.3 Å². The minimum absolute atomic E-state index is 0.280. The van der Waals surface area contributed by atoms with E-state index in [9.17, 15) is 14.4 Å². The first-order valence-electron chi connectivity index (χ1n) is 7.55. The molecule has 0 fully saturated rings. The fourth-order valence-corrected chi connectivity index (χ4v) is 3.64. The summed E-state index contributed by atoms with van der Waals surface area (Å²) in [4.78, 5) is 40.9. The Hall–Kier alpha value is -2.26. The summed E-state index contributed by atoms with van der Waals surface area (Å²) >= 11 is 1.44. The molecule has 4 N–H and O–H groups in total. The van der Waals surface area contributed by atoms with Crippen LogP contribution in [-0.4, -0.2) is 39.7 Å². The summed E-state index contributed by atoms with van der Waals surface area (Å²) in [5.41, 5.74) is 5.88. The number of nitrogens with zero attached hydrogens (tertiary/aromatic N) is 1. The number of carboxylic acid groups (broad SMARTS) is 1. The van der Waals surface area contributed by atoms with Crippen LogP contribution in [0.25, 0.3) is 10.2 Å². The Kier molecular flexibility index (Phi) is 5.68. The summed E-state index contributed by atoms with van der Waals surface area (Å²) in [6.45, 7) is 3.75. The third-order valence-corrected chi connectivity index (χ3v) is 4.62. The molecule has 0 radical (unpaired) electrons. The van der Waals surface area contributed by atoms with Crippen molar-refractivity contribution >= 4 is 33.5 Å². The van der Waals surface area contributed by atoms with Gasteiger partial charge in [-0.05, 0) is 38.7 Å². The van der Waals surface area contributed by atoms with Gasteiger partial charge in [0, 0.05) is 4.88 Å². The van der Waals surface area contributed by atoms with Crippen LogP contribution in [0, 0.1) is 0 Å². The minimum Gasteiger partial charge on any atom is -0.475 e. The number of aromatic carboxylic acids is 1. The Morgan fingerprint density at radius 3 is 2.71 bits per heavy atom. The molecule has 0 amide bonds. The molecule has 1 aliphatic carbocycles. The van der Waals surface area contributed by atoms with Crippen LogP contribution in [0.2, 0.25) is 0 Å². The molecule has 2 aromatic rings. The van der Waals surface area contributed by atoms with Gasteiger partial charge in [0.2, 0.25) is 5.82 Å². The number of hydrogen-bond donors (Lipinski definition) is 3. The van der Waals surface area contributed by atoms with Crippen molar-refractivity contribution in [3.63, 3.8) is 0 Å². The maximum atomic E-state index is 11.8. The zero-order valence-electron chi connectivity index (χ0n) is 13.4. The van der Waals surface area contributed by atoms with Gasteiger partial charge in [-0.15, -0.1) is 11.3 Å². The number of nitrogens with two attached hydrogens (primary N) is 1. The van der Waals surface area contributed by atoms with Crippen molar-refractivity contribution in [1.29, 1.82) is 0 Å². The maximum absolute atomic E-state index is 11.8. The zero-order chi connectivity index (χ0) is 17.9. The van der Waals surface area contributed by atoms with E-state index in [-0.39, 0.29) is 17.4 Å². The monoisotopic (exact) mass is 353 g/mol. The number of ether oxygens (including phenoxy) is 1. The number of H-pyrrole nitrogens is 1. The predicted octanol–water partition coefficient (Wildman–Crippen LogP) is 1.07. The van der Waals surface area contributed by atoms with Crippen LogP contribution in [-0.2, 0) is 22.4 Å². The summed E-state index contributed by atoms with van der Waals surface area (Å²) in [5.74, 6) is -1.82. The topological polar surface area (TPSA) is 135 Å². The highest BCUT2D eigenvalue weighted by atomic mass is 32.1. The standard InChI is InChI=1S/C10H8N2O3S.C5H11NO2/c13-8-6-4-2-1-3-5(4)16-9(6)12-7(11-8)10(14)15;1-3-8-5(7)4(2)6/h1-3H2,(H,14,15)(H,11,12,13);4H,3,6H2,1-2H3. The van der Waals surface area contributed by atoms with Gasteiger partial charge >= 0.3 is 11.9 Å². The highest BCUT2D eigenvalue weighted by molar-refractivity contribution is 7.18. The van der Waals surface area contributed by atoms with Crippen LogP contribution in [0.5, 0.6) is 0 Å². The highest BCUT2D eigenvalue weighted by Gasteiger charge is 2.22. The van der Waals surface area contributed by atoms with Crippen molar-refractivity contribution in [2.45, 2.75) is 39.2 Å². The van der Waals surface area contributed by atoms with E-state index < -0.39 is 12.0 Å². The molecule has 9 heteroatoms. The Bertz CT molecular complexity index is 824. The van der Waals surface area contributed by atoms with E-state index in [0.717, 1.165) is 24.8 Å². The molecule has 0 bridgehead atoms. The Morgan fingerprint density at radius 2 is 2.17 bits per heavy atom. The van der Waals surface area contributed by atoms with Gasteiger partial charge in [-0.3, -0.25) is 9.59 Å². The van der Waals surface area contributed by atoms with Crippen LogP contribution in [0.4, 0.5) is 0 Å². The molecule has 1 atom stereocenters. The number of rotatable bonds is 3. The molecule has 24 heavy (non-hydrogen) atoms. The molecule has 0 aromatic carbocycles. The van der Waals surface area contributed by atoms with Crippen LogP contribution in [0.15, 0.2) is 4.79 Å². The number of fused-ring (bicyclic) bond motifs is 3. The first-order valence-corrected chi connectivity index (χ1v) is 8.36. The first-order chi connectivity index (χ1) is 11.3. The molecule has 0 saturated heterocycles. The van der Waals surface area contributed by atoms with Gasteiger partial charge in [0.1, 0.15) is 10.9 Å². The third-order valence-electron chi connectivity index (χ3n) is 3.44. The summed E-state index contributed by atoms with van der Waals surface area (Å²) < 4.78 is 4.54. The number of carbonyl (C=O) groups is 2. The molecule has 8 nitrogen and oxygen atoms in total. The smallest absolute Gasteiger partial charge is 0.372 e. The van der Waals surface area contributed by atoms with Crippen LogP contribution in [0.3, 0.4) is 0 Å². The quantitative estimate of drug-likeness (QED) is 0.702. The third kappa shape index (κ3) is 3.80. The van der Waals surface area contributed by atoms with Gasteiger partial charge < -0.3 is 20.6 Å². The Labute approximate surface area is 141 Å². The average Bonchev–Trinajstić information content (AvgIpc) is 3.07. The fourth-order valence-electron chi connectivity index (χ4n) is 2.38. The van der Waals surface area contributed by atoms with Gasteiger partial charge in [0.05, 0.1) is 12.0 Å².